The van der Waals surface area contributed by atoms with Gasteiger partial charge in [0.25, 0.3) is 5.91 Å². The fourth-order valence-corrected chi connectivity index (χ4v) is 3.42. The molecule has 0 aromatic heterocycles. The number of ether oxygens (including phenoxy) is 1. The highest BCUT2D eigenvalue weighted by Crippen LogP contribution is 2.40. The molecule has 0 heterocycles. The summed E-state index contributed by atoms with van der Waals surface area (Å²) in [7, 11) is 0. The van der Waals surface area contributed by atoms with Crippen molar-refractivity contribution in [2.75, 3.05) is 6.61 Å². The van der Waals surface area contributed by atoms with Crippen molar-refractivity contribution in [1.29, 1.82) is 0 Å². The minimum absolute atomic E-state index is 0.0486. The number of fused-ring (bicyclic) bond motifs is 1. The number of carbonyl (C=O) groups excluding carboxylic acids is 1. The molecule has 2 atom stereocenters. The van der Waals surface area contributed by atoms with Crippen LogP contribution in [0.3, 0.4) is 0 Å². The number of amides is 1. The van der Waals surface area contributed by atoms with Crippen LogP contribution in [-0.2, 0) is 4.79 Å². The topological polar surface area (TPSA) is 50.7 Å². The van der Waals surface area contributed by atoms with Gasteiger partial charge < -0.3 is 4.74 Å². The summed E-state index contributed by atoms with van der Waals surface area (Å²) in [4.78, 5) is 12.0. The molecule has 4 rings (SSSR count). The van der Waals surface area contributed by atoms with Gasteiger partial charge in [0.05, 0.1) is 0 Å². The predicted octanol–water partition coefficient (Wildman–Crippen LogP) is 3.80. The molecule has 1 amide bonds. The third-order valence-corrected chi connectivity index (χ3v) is 4.82. The maximum Gasteiger partial charge on any atom is 0.277 e. The van der Waals surface area contributed by atoms with Crippen LogP contribution >= 0.6 is 0 Å². The largest absolute Gasteiger partial charge is 0.483 e. The average molecular weight is 332 g/mol. The van der Waals surface area contributed by atoms with Crippen LogP contribution in [0.15, 0.2) is 71.9 Å². The van der Waals surface area contributed by atoms with E-state index < -0.39 is 0 Å². The molecule has 1 saturated carbocycles. The number of allylic oxidation sites excluding steroid dienone is 2. The summed E-state index contributed by atoms with van der Waals surface area (Å²) in [6.07, 6.45) is 6.44. The lowest BCUT2D eigenvalue weighted by Crippen LogP contribution is -2.36. The Kier molecular flexibility index (Phi) is 4.34. The normalized spacial score (nSPS) is 22.3. The van der Waals surface area contributed by atoms with E-state index in [1.165, 1.54) is 0 Å². The summed E-state index contributed by atoms with van der Waals surface area (Å²) < 4.78 is 5.73. The number of benzene rings is 2. The van der Waals surface area contributed by atoms with E-state index in [2.05, 4.69) is 22.7 Å². The first-order chi connectivity index (χ1) is 12.3. The van der Waals surface area contributed by atoms with Crippen molar-refractivity contribution in [3.8, 4) is 16.9 Å². The molecule has 0 aliphatic heterocycles. The van der Waals surface area contributed by atoms with Gasteiger partial charge in [0.2, 0.25) is 0 Å². The van der Waals surface area contributed by atoms with Gasteiger partial charge in [0.15, 0.2) is 6.61 Å². The van der Waals surface area contributed by atoms with Gasteiger partial charge in [0, 0.05) is 17.2 Å². The summed E-state index contributed by atoms with van der Waals surface area (Å²) in [5.74, 6) is 1.59. The Hall–Kier alpha value is -2.88. The first-order valence-electron chi connectivity index (χ1n) is 8.60. The lowest BCUT2D eigenvalue weighted by Gasteiger charge is -2.31. The fraction of sp³-hybridized carbons (Fsp3) is 0.238. The number of rotatable bonds is 5. The molecule has 126 valence electrons. The van der Waals surface area contributed by atoms with Crippen LogP contribution in [0.4, 0.5) is 0 Å². The molecule has 4 nitrogen and oxygen atoms in total. The molecule has 0 radical (unpaired) electrons. The lowest BCUT2D eigenvalue weighted by atomic mass is 9.74. The molecule has 2 aliphatic rings. The summed E-state index contributed by atoms with van der Waals surface area (Å²) in [5, 5.41) is 4.26. The second-order valence-corrected chi connectivity index (χ2v) is 6.43. The molecular formula is C21H20N2O2. The standard InChI is InChI=1S/C21H20N2O2/c24-21(23-22-19-13-16-9-6-11-17(16)19)14-25-20-12-5-4-10-18(20)15-7-2-1-3-8-15/h1-10,12,16-17H,11,13-14H2,(H,23,24)/b22-19-/t16-,17+/m0/s1. The maximum absolute atomic E-state index is 12.0. The van der Waals surface area contributed by atoms with E-state index in [-0.39, 0.29) is 12.5 Å². The molecule has 25 heavy (non-hydrogen) atoms. The van der Waals surface area contributed by atoms with E-state index in [1.54, 1.807) is 0 Å². The lowest BCUT2D eigenvalue weighted by molar-refractivity contribution is -0.123. The number of nitrogens with one attached hydrogen (secondary N) is 1. The molecule has 1 N–H and O–H groups in total. The maximum atomic E-state index is 12.0. The number of hydrazone groups is 1. The van der Waals surface area contributed by atoms with Crippen LogP contribution in [0.5, 0.6) is 5.75 Å². The van der Waals surface area contributed by atoms with E-state index in [4.69, 9.17) is 4.74 Å². The summed E-state index contributed by atoms with van der Waals surface area (Å²) in [6, 6.07) is 17.7. The Morgan fingerprint density at radius 1 is 1.12 bits per heavy atom. The smallest absolute Gasteiger partial charge is 0.277 e. The zero-order valence-electron chi connectivity index (χ0n) is 13.9. The highest BCUT2D eigenvalue weighted by atomic mass is 16.5. The Labute approximate surface area is 147 Å². The minimum Gasteiger partial charge on any atom is -0.483 e. The van der Waals surface area contributed by atoms with Crippen LogP contribution in [-0.4, -0.2) is 18.2 Å². The molecule has 0 unspecified atom stereocenters. The third-order valence-electron chi connectivity index (χ3n) is 4.82. The summed E-state index contributed by atoms with van der Waals surface area (Å²) >= 11 is 0. The van der Waals surface area contributed by atoms with Gasteiger partial charge in [-0.3, -0.25) is 4.79 Å². The molecule has 2 aromatic carbocycles. The number of para-hydroxylation sites is 1. The first-order valence-corrected chi connectivity index (χ1v) is 8.60. The van der Waals surface area contributed by atoms with Crippen LogP contribution in [0, 0.1) is 11.8 Å². The highest BCUT2D eigenvalue weighted by molar-refractivity contribution is 5.95. The Morgan fingerprint density at radius 2 is 1.92 bits per heavy atom. The third kappa shape index (κ3) is 3.33. The second-order valence-electron chi connectivity index (χ2n) is 6.43. The van der Waals surface area contributed by atoms with Gasteiger partial charge in [-0.05, 0) is 30.4 Å². The fourth-order valence-electron chi connectivity index (χ4n) is 3.42. The van der Waals surface area contributed by atoms with Gasteiger partial charge in [-0.25, -0.2) is 5.43 Å². The van der Waals surface area contributed by atoms with E-state index in [9.17, 15) is 4.79 Å². The molecule has 2 aromatic rings. The van der Waals surface area contributed by atoms with Gasteiger partial charge in [-0.2, -0.15) is 5.10 Å². The van der Waals surface area contributed by atoms with Crippen molar-refractivity contribution in [3.63, 3.8) is 0 Å². The number of hydrogen-bond acceptors (Lipinski definition) is 3. The van der Waals surface area contributed by atoms with Crippen molar-refractivity contribution in [1.82, 2.24) is 5.43 Å². The SMILES string of the molecule is O=C(COc1ccccc1-c1ccccc1)N/N=C1/C[C@@H]2C=CC[C@@H]12. The highest BCUT2D eigenvalue weighted by Gasteiger charge is 2.37. The van der Waals surface area contributed by atoms with Crippen molar-refractivity contribution >= 4 is 11.6 Å². The van der Waals surface area contributed by atoms with Crippen molar-refractivity contribution in [2.24, 2.45) is 16.9 Å². The van der Waals surface area contributed by atoms with E-state index in [1.807, 2.05) is 54.6 Å². The molecule has 0 spiro atoms. The van der Waals surface area contributed by atoms with Crippen molar-refractivity contribution < 1.29 is 9.53 Å². The Bertz CT molecular complexity index is 827. The monoisotopic (exact) mass is 332 g/mol. The predicted molar refractivity (Wildman–Crippen MR) is 98.3 cm³/mol. The molecule has 0 saturated heterocycles. The van der Waals surface area contributed by atoms with Crippen LogP contribution in [0.2, 0.25) is 0 Å². The van der Waals surface area contributed by atoms with E-state index in [0.29, 0.717) is 17.6 Å². The van der Waals surface area contributed by atoms with Gasteiger partial charge in [-0.1, -0.05) is 60.7 Å². The van der Waals surface area contributed by atoms with Gasteiger partial charge >= 0.3 is 0 Å². The van der Waals surface area contributed by atoms with Gasteiger partial charge in [-0.15, -0.1) is 0 Å². The van der Waals surface area contributed by atoms with Gasteiger partial charge in [0.1, 0.15) is 5.75 Å². The quantitative estimate of drug-likeness (QED) is 0.669. The number of hydrogen-bond donors (Lipinski definition) is 1. The first kappa shape index (κ1) is 15.6. The molecule has 2 aliphatic carbocycles. The zero-order chi connectivity index (χ0) is 17.1. The van der Waals surface area contributed by atoms with Crippen LogP contribution < -0.4 is 10.2 Å². The zero-order valence-corrected chi connectivity index (χ0v) is 13.9. The number of carbonyl (C=O) groups is 1. The summed E-state index contributed by atoms with van der Waals surface area (Å²) in [5.41, 5.74) is 5.75. The molecule has 0 bridgehead atoms. The Morgan fingerprint density at radius 3 is 2.76 bits per heavy atom. The Balaban J connectivity index is 1.36. The van der Waals surface area contributed by atoms with Crippen LogP contribution in [0.25, 0.3) is 11.1 Å². The number of nitrogens with zero attached hydrogens (tertiary/aromatic N) is 1. The molecular weight excluding hydrogens is 312 g/mol. The second kappa shape index (κ2) is 6.93. The minimum atomic E-state index is -0.232. The van der Waals surface area contributed by atoms with E-state index >= 15 is 0 Å². The molecule has 1 fully saturated rings. The van der Waals surface area contributed by atoms with Crippen molar-refractivity contribution in [3.05, 3.63) is 66.7 Å². The average Bonchev–Trinajstić information content (AvgIpc) is 3.02. The molecule has 4 heteroatoms. The van der Waals surface area contributed by atoms with Crippen LogP contribution in [0.1, 0.15) is 12.8 Å². The van der Waals surface area contributed by atoms with Crippen molar-refractivity contribution in [2.45, 2.75) is 12.8 Å². The summed E-state index contributed by atoms with van der Waals surface area (Å²) in [6.45, 7) is -0.0486. The van der Waals surface area contributed by atoms with E-state index in [0.717, 1.165) is 29.7 Å².